The van der Waals surface area contributed by atoms with Crippen LogP contribution in [0.15, 0.2) is 59.6 Å². The Hall–Kier alpha value is -2.15. The van der Waals surface area contributed by atoms with Crippen LogP contribution in [0.1, 0.15) is 31.1 Å². The fourth-order valence-electron chi connectivity index (χ4n) is 3.99. The van der Waals surface area contributed by atoms with Gasteiger partial charge in [-0.15, -0.1) is 0 Å². The lowest BCUT2D eigenvalue weighted by Crippen LogP contribution is -2.50. The molecule has 0 amide bonds. The molecule has 5 nitrogen and oxygen atoms in total. The Morgan fingerprint density at radius 2 is 1.89 bits per heavy atom. The molecule has 1 aliphatic heterocycles. The van der Waals surface area contributed by atoms with Crippen LogP contribution in [0.5, 0.6) is 0 Å². The summed E-state index contributed by atoms with van der Waals surface area (Å²) in [5, 5.41) is 12.2. The van der Waals surface area contributed by atoms with Gasteiger partial charge in [-0.1, -0.05) is 44.2 Å². The number of aromatic amines is 1. The van der Waals surface area contributed by atoms with Gasteiger partial charge >= 0.3 is 0 Å². The van der Waals surface area contributed by atoms with Crippen molar-refractivity contribution in [3.05, 3.63) is 65.9 Å². The van der Waals surface area contributed by atoms with E-state index in [9.17, 15) is 13.5 Å². The molecule has 0 bridgehead atoms. The summed E-state index contributed by atoms with van der Waals surface area (Å²) in [6.07, 6.45) is 1.47. The number of sulfonamides is 1. The van der Waals surface area contributed by atoms with Crippen molar-refractivity contribution >= 4 is 20.9 Å². The van der Waals surface area contributed by atoms with Crippen LogP contribution in [0.25, 0.3) is 10.9 Å². The molecule has 0 aliphatic carbocycles. The zero-order chi connectivity index (χ0) is 19.2. The summed E-state index contributed by atoms with van der Waals surface area (Å²) in [6, 6.07) is 14.2. The fourth-order valence-corrected chi connectivity index (χ4v) is 6.02. The highest BCUT2D eigenvalue weighted by Crippen LogP contribution is 2.39. The zero-order valence-corrected chi connectivity index (χ0v) is 16.3. The number of aliphatic hydroxyl groups excluding tert-OH is 1. The van der Waals surface area contributed by atoms with E-state index >= 15 is 0 Å². The van der Waals surface area contributed by atoms with Gasteiger partial charge in [0.25, 0.3) is 0 Å². The number of hydrogen-bond acceptors (Lipinski definition) is 3. The molecule has 2 N–H and O–H groups in total. The summed E-state index contributed by atoms with van der Waals surface area (Å²) in [7, 11) is -3.65. The van der Waals surface area contributed by atoms with Crippen molar-refractivity contribution in [2.24, 2.45) is 5.92 Å². The molecule has 2 aromatic carbocycles. The largest absolute Gasteiger partial charge is 0.387 e. The minimum absolute atomic E-state index is 0.155. The maximum atomic E-state index is 13.3. The van der Waals surface area contributed by atoms with Crippen LogP contribution in [0.4, 0.5) is 0 Å². The van der Waals surface area contributed by atoms with Crippen LogP contribution in [-0.2, 0) is 16.4 Å². The van der Waals surface area contributed by atoms with Gasteiger partial charge in [0.15, 0.2) is 0 Å². The lowest BCUT2D eigenvalue weighted by molar-refractivity contribution is 0.0755. The zero-order valence-electron chi connectivity index (χ0n) is 15.5. The Bertz CT molecular complexity index is 1070. The number of benzene rings is 2. The van der Waals surface area contributed by atoms with Crippen LogP contribution >= 0.6 is 0 Å². The quantitative estimate of drug-likeness (QED) is 0.723. The molecule has 0 fully saturated rings. The first-order chi connectivity index (χ1) is 12.9. The van der Waals surface area contributed by atoms with Gasteiger partial charge in [0.2, 0.25) is 10.0 Å². The highest BCUT2D eigenvalue weighted by atomic mass is 32.2. The predicted molar refractivity (Wildman–Crippen MR) is 106 cm³/mol. The predicted octanol–water partition coefficient (Wildman–Crippen LogP) is 3.47. The Morgan fingerprint density at radius 3 is 2.67 bits per heavy atom. The lowest BCUT2D eigenvalue weighted by atomic mass is 9.93. The smallest absolute Gasteiger partial charge is 0.243 e. The van der Waals surface area contributed by atoms with Gasteiger partial charge in [0.05, 0.1) is 17.0 Å². The summed E-state index contributed by atoms with van der Waals surface area (Å²) < 4.78 is 28.1. The molecule has 1 aliphatic rings. The van der Waals surface area contributed by atoms with Gasteiger partial charge in [-0.2, -0.15) is 4.31 Å². The number of hydrogen-bond donors (Lipinski definition) is 2. The second-order valence-electron chi connectivity index (χ2n) is 7.58. The first-order valence-electron chi connectivity index (χ1n) is 9.23. The van der Waals surface area contributed by atoms with E-state index in [1.807, 2.05) is 44.3 Å². The molecule has 3 aromatic rings. The van der Waals surface area contributed by atoms with Crippen molar-refractivity contribution < 1.29 is 13.5 Å². The molecule has 2 heterocycles. The molecule has 0 spiro atoms. The maximum absolute atomic E-state index is 13.3. The second kappa shape index (κ2) is 6.78. The van der Waals surface area contributed by atoms with Crippen LogP contribution in [0, 0.1) is 5.92 Å². The molecule has 2 atom stereocenters. The van der Waals surface area contributed by atoms with Gasteiger partial charge < -0.3 is 10.1 Å². The number of aliphatic hydroxyl groups is 1. The van der Waals surface area contributed by atoms with E-state index in [-0.39, 0.29) is 10.8 Å². The van der Waals surface area contributed by atoms with E-state index in [0.29, 0.717) is 18.5 Å². The Morgan fingerprint density at radius 1 is 1.11 bits per heavy atom. The standard InChI is InChI=1S/C21H24N2O3S/c1-14(2)13-23-19(12-15-6-5-8-18-16(15)10-11-22-18)21(24)17-7-3-4-9-20(17)27(23,25)26/h3-11,14,19,21-22,24H,12-13H2,1-2H3/t19-,21-/m0/s1. The number of aromatic nitrogens is 1. The Balaban J connectivity index is 1.83. The van der Waals surface area contributed by atoms with E-state index in [1.165, 1.54) is 4.31 Å². The number of nitrogens with one attached hydrogen (secondary N) is 1. The number of fused-ring (bicyclic) bond motifs is 2. The first kappa shape index (κ1) is 18.2. The van der Waals surface area contributed by atoms with Gasteiger partial charge in [-0.3, -0.25) is 0 Å². The molecule has 0 saturated carbocycles. The monoisotopic (exact) mass is 384 g/mol. The number of H-pyrrole nitrogens is 1. The van der Waals surface area contributed by atoms with E-state index in [4.69, 9.17) is 0 Å². The van der Waals surface area contributed by atoms with E-state index in [2.05, 4.69) is 4.98 Å². The average molecular weight is 385 g/mol. The molecule has 1 aromatic heterocycles. The van der Waals surface area contributed by atoms with Crippen molar-refractivity contribution in [1.82, 2.24) is 9.29 Å². The summed E-state index contributed by atoms with van der Waals surface area (Å²) in [5.41, 5.74) is 2.53. The third kappa shape index (κ3) is 3.08. The molecule has 142 valence electrons. The first-order valence-corrected chi connectivity index (χ1v) is 10.7. The van der Waals surface area contributed by atoms with Crippen LogP contribution in [0.2, 0.25) is 0 Å². The maximum Gasteiger partial charge on any atom is 0.243 e. The minimum Gasteiger partial charge on any atom is -0.387 e. The highest BCUT2D eigenvalue weighted by molar-refractivity contribution is 7.89. The Kier molecular flexibility index (Phi) is 4.58. The highest BCUT2D eigenvalue weighted by Gasteiger charge is 2.43. The lowest BCUT2D eigenvalue weighted by Gasteiger charge is -2.40. The van der Waals surface area contributed by atoms with Gasteiger partial charge in [-0.25, -0.2) is 8.42 Å². The third-order valence-electron chi connectivity index (χ3n) is 5.22. The molecule has 0 radical (unpaired) electrons. The minimum atomic E-state index is -3.65. The number of rotatable bonds is 4. The fraction of sp³-hybridized carbons (Fsp3) is 0.333. The summed E-state index contributed by atoms with van der Waals surface area (Å²) in [5.74, 6) is 0.155. The van der Waals surface area contributed by atoms with Crippen molar-refractivity contribution in [3.63, 3.8) is 0 Å². The summed E-state index contributed by atoms with van der Waals surface area (Å²) >= 11 is 0. The molecule has 0 saturated heterocycles. The van der Waals surface area contributed by atoms with Crippen LogP contribution < -0.4 is 0 Å². The Labute approximate surface area is 159 Å². The third-order valence-corrected chi connectivity index (χ3v) is 7.18. The molecule has 0 unspecified atom stereocenters. The summed E-state index contributed by atoms with van der Waals surface area (Å²) in [6.45, 7) is 4.36. The SMILES string of the molecule is CC(C)CN1[C@@H](Cc2cccc3[nH]ccc23)[C@@H](O)c2ccccc2S1(=O)=O. The number of nitrogens with zero attached hydrogens (tertiary/aromatic N) is 1. The molecule has 4 rings (SSSR count). The average Bonchev–Trinajstić information content (AvgIpc) is 3.12. The molecule has 27 heavy (non-hydrogen) atoms. The van der Waals surface area contributed by atoms with Crippen molar-refractivity contribution in [2.45, 2.75) is 37.3 Å². The van der Waals surface area contributed by atoms with Crippen LogP contribution in [0.3, 0.4) is 0 Å². The second-order valence-corrected chi connectivity index (χ2v) is 9.44. The van der Waals surface area contributed by atoms with Gasteiger partial charge in [0.1, 0.15) is 0 Å². The van der Waals surface area contributed by atoms with E-state index < -0.39 is 22.2 Å². The van der Waals surface area contributed by atoms with E-state index in [0.717, 1.165) is 16.5 Å². The van der Waals surface area contributed by atoms with Crippen LogP contribution in [-0.4, -0.2) is 35.4 Å². The molecular formula is C21H24N2O3S. The van der Waals surface area contributed by atoms with Gasteiger partial charge in [-0.05, 0) is 36.1 Å². The van der Waals surface area contributed by atoms with Gasteiger partial charge in [0, 0.05) is 29.2 Å². The topological polar surface area (TPSA) is 73.4 Å². The molecule has 6 heteroatoms. The van der Waals surface area contributed by atoms with Crippen molar-refractivity contribution in [2.75, 3.05) is 6.54 Å². The van der Waals surface area contributed by atoms with Crippen molar-refractivity contribution in [1.29, 1.82) is 0 Å². The normalized spacial score (nSPS) is 22.2. The van der Waals surface area contributed by atoms with Crippen molar-refractivity contribution in [3.8, 4) is 0 Å². The summed E-state index contributed by atoms with van der Waals surface area (Å²) in [4.78, 5) is 3.41. The van der Waals surface area contributed by atoms with E-state index in [1.54, 1.807) is 24.3 Å². The molecular weight excluding hydrogens is 360 g/mol.